The van der Waals surface area contributed by atoms with Crippen molar-refractivity contribution >= 4 is 6.03 Å². The number of rotatable bonds is 0. The van der Waals surface area contributed by atoms with Gasteiger partial charge in [-0.05, 0) is 6.42 Å². The number of urea groups is 1. The molecule has 0 saturated heterocycles. The van der Waals surface area contributed by atoms with E-state index in [1.807, 2.05) is 0 Å². The van der Waals surface area contributed by atoms with Gasteiger partial charge >= 0.3 is 12.2 Å². The number of allylic oxidation sites excluding steroid dienone is 1. The molecule has 0 unspecified atom stereocenters. The molecule has 0 aliphatic carbocycles. The highest BCUT2D eigenvalue weighted by Gasteiger charge is 2.41. The molecule has 12 heavy (non-hydrogen) atoms. The molecule has 6 heteroatoms. The summed E-state index contributed by atoms with van der Waals surface area (Å²) in [6.07, 6.45) is -3.31. The van der Waals surface area contributed by atoms with E-state index in [0.717, 1.165) is 6.08 Å². The molecule has 0 spiro atoms. The molecule has 0 aromatic heterocycles. The van der Waals surface area contributed by atoms with E-state index >= 15 is 0 Å². The van der Waals surface area contributed by atoms with Gasteiger partial charge in [-0.2, -0.15) is 13.2 Å². The lowest BCUT2D eigenvalue weighted by molar-refractivity contribution is -0.105. The van der Waals surface area contributed by atoms with Crippen molar-refractivity contribution in [1.82, 2.24) is 4.90 Å². The van der Waals surface area contributed by atoms with Crippen molar-refractivity contribution in [3.8, 4) is 0 Å². The monoisotopic (exact) mass is 180 g/mol. The summed E-state index contributed by atoms with van der Waals surface area (Å²) in [5, 5.41) is 0. The van der Waals surface area contributed by atoms with E-state index in [9.17, 15) is 18.0 Å². The maximum absolute atomic E-state index is 12.1. The maximum Gasteiger partial charge on any atom is 0.431 e. The number of amides is 2. The van der Waals surface area contributed by atoms with Crippen LogP contribution in [0.1, 0.15) is 6.42 Å². The molecular formula is C6H7F3N2O. The van der Waals surface area contributed by atoms with Crippen LogP contribution in [-0.4, -0.2) is 23.7 Å². The highest BCUT2D eigenvalue weighted by molar-refractivity contribution is 5.74. The van der Waals surface area contributed by atoms with Crippen LogP contribution in [0.2, 0.25) is 0 Å². The Labute approximate surface area is 66.6 Å². The molecular weight excluding hydrogens is 173 g/mol. The van der Waals surface area contributed by atoms with Gasteiger partial charge in [0.2, 0.25) is 0 Å². The van der Waals surface area contributed by atoms with Crippen LogP contribution < -0.4 is 5.73 Å². The van der Waals surface area contributed by atoms with Gasteiger partial charge in [0.25, 0.3) is 0 Å². The SMILES string of the molecule is NC(=O)N1CCC=C1C(F)(F)F. The number of halogens is 3. The molecule has 1 aliphatic heterocycles. The summed E-state index contributed by atoms with van der Waals surface area (Å²) in [5.41, 5.74) is 3.78. The van der Waals surface area contributed by atoms with Crippen molar-refractivity contribution in [3.05, 3.63) is 11.8 Å². The Morgan fingerprint density at radius 3 is 2.50 bits per heavy atom. The van der Waals surface area contributed by atoms with Crippen LogP contribution in [0.3, 0.4) is 0 Å². The predicted molar refractivity (Wildman–Crippen MR) is 35.0 cm³/mol. The smallest absolute Gasteiger partial charge is 0.351 e. The average Bonchev–Trinajstić information content (AvgIpc) is 2.30. The molecule has 1 aliphatic rings. The molecule has 1 rings (SSSR count). The maximum atomic E-state index is 12.1. The van der Waals surface area contributed by atoms with Gasteiger partial charge < -0.3 is 5.73 Å². The Morgan fingerprint density at radius 1 is 1.58 bits per heavy atom. The lowest BCUT2D eigenvalue weighted by Gasteiger charge is -2.19. The number of carbonyl (C=O) groups is 1. The molecule has 68 valence electrons. The topological polar surface area (TPSA) is 46.3 Å². The van der Waals surface area contributed by atoms with Crippen LogP contribution in [0.5, 0.6) is 0 Å². The third-order valence-corrected chi connectivity index (χ3v) is 1.54. The zero-order valence-corrected chi connectivity index (χ0v) is 6.06. The van der Waals surface area contributed by atoms with Crippen molar-refractivity contribution in [2.45, 2.75) is 12.6 Å². The number of hydrogen-bond donors (Lipinski definition) is 1. The molecule has 0 aromatic carbocycles. The minimum atomic E-state index is -4.48. The van der Waals surface area contributed by atoms with Crippen LogP contribution >= 0.6 is 0 Å². The number of hydrogen-bond acceptors (Lipinski definition) is 1. The summed E-state index contributed by atoms with van der Waals surface area (Å²) in [6, 6.07) is -1.06. The predicted octanol–water partition coefficient (Wildman–Crippen LogP) is 1.22. The number of nitrogens with two attached hydrogens (primary N) is 1. The van der Waals surface area contributed by atoms with Crippen LogP contribution in [0.25, 0.3) is 0 Å². The second kappa shape index (κ2) is 2.69. The lowest BCUT2D eigenvalue weighted by atomic mass is 10.4. The van der Waals surface area contributed by atoms with Gasteiger partial charge in [-0.25, -0.2) is 4.79 Å². The van der Waals surface area contributed by atoms with E-state index < -0.39 is 17.9 Å². The van der Waals surface area contributed by atoms with Crippen molar-refractivity contribution in [2.24, 2.45) is 5.73 Å². The van der Waals surface area contributed by atoms with E-state index in [1.165, 1.54) is 0 Å². The molecule has 0 aromatic rings. The molecule has 1 heterocycles. The molecule has 2 N–H and O–H groups in total. The van der Waals surface area contributed by atoms with Crippen molar-refractivity contribution < 1.29 is 18.0 Å². The standard InChI is InChI=1S/C6H7F3N2O/c7-6(8,9)4-2-1-3-11(4)5(10)12/h2H,1,3H2,(H2,10,12). The van der Waals surface area contributed by atoms with Crippen molar-refractivity contribution in [2.75, 3.05) is 6.54 Å². The first-order chi connectivity index (χ1) is 5.43. The first kappa shape index (κ1) is 8.89. The van der Waals surface area contributed by atoms with Crippen LogP contribution in [0.15, 0.2) is 11.8 Å². The fraction of sp³-hybridized carbons (Fsp3) is 0.500. The number of nitrogens with zero attached hydrogens (tertiary/aromatic N) is 1. The summed E-state index contributed by atoms with van der Waals surface area (Å²) < 4.78 is 36.2. The van der Waals surface area contributed by atoms with Crippen LogP contribution in [-0.2, 0) is 0 Å². The summed E-state index contributed by atoms with van der Waals surface area (Å²) >= 11 is 0. The molecule has 0 bridgehead atoms. The first-order valence-electron chi connectivity index (χ1n) is 3.27. The molecule has 0 saturated carbocycles. The Bertz CT molecular complexity index is 233. The summed E-state index contributed by atoms with van der Waals surface area (Å²) in [5.74, 6) is 0. The average molecular weight is 180 g/mol. The number of alkyl halides is 3. The molecule has 0 atom stereocenters. The molecule has 2 amide bonds. The van der Waals surface area contributed by atoms with E-state index in [-0.39, 0.29) is 13.0 Å². The summed E-state index contributed by atoms with van der Waals surface area (Å²) in [6.45, 7) is 0.0180. The second-order valence-corrected chi connectivity index (χ2v) is 2.37. The van der Waals surface area contributed by atoms with Gasteiger partial charge in [0.15, 0.2) is 0 Å². The zero-order chi connectivity index (χ0) is 9.35. The van der Waals surface area contributed by atoms with Gasteiger partial charge in [0.1, 0.15) is 5.70 Å². The third kappa shape index (κ3) is 1.51. The number of carbonyl (C=O) groups excluding carboxylic acids is 1. The normalized spacial score (nSPS) is 17.9. The van der Waals surface area contributed by atoms with Crippen molar-refractivity contribution in [1.29, 1.82) is 0 Å². The van der Waals surface area contributed by atoms with Gasteiger partial charge in [-0.3, -0.25) is 4.90 Å². The van der Waals surface area contributed by atoms with Gasteiger partial charge in [0.05, 0.1) is 0 Å². The Morgan fingerprint density at radius 2 is 2.17 bits per heavy atom. The van der Waals surface area contributed by atoms with E-state index in [0.29, 0.717) is 4.90 Å². The second-order valence-electron chi connectivity index (χ2n) is 2.37. The van der Waals surface area contributed by atoms with Gasteiger partial charge in [0, 0.05) is 6.54 Å². The van der Waals surface area contributed by atoms with E-state index in [4.69, 9.17) is 5.73 Å². The molecule has 0 fully saturated rings. The van der Waals surface area contributed by atoms with Crippen molar-refractivity contribution in [3.63, 3.8) is 0 Å². The molecule has 0 radical (unpaired) electrons. The Balaban J connectivity index is 2.83. The summed E-state index contributed by atoms with van der Waals surface area (Å²) in [4.78, 5) is 11.0. The minimum Gasteiger partial charge on any atom is -0.351 e. The lowest BCUT2D eigenvalue weighted by Crippen LogP contribution is -2.37. The fourth-order valence-electron chi connectivity index (χ4n) is 1.06. The van der Waals surface area contributed by atoms with E-state index in [1.54, 1.807) is 0 Å². The van der Waals surface area contributed by atoms with Gasteiger partial charge in [-0.1, -0.05) is 6.08 Å². The molecule has 3 nitrogen and oxygen atoms in total. The first-order valence-corrected chi connectivity index (χ1v) is 3.27. The van der Waals surface area contributed by atoms with Crippen LogP contribution in [0.4, 0.5) is 18.0 Å². The van der Waals surface area contributed by atoms with Crippen LogP contribution in [0, 0.1) is 0 Å². The summed E-state index contributed by atoms with van der Waals surface area (Å²) in [7, 11) is 0. The largest absolute Gasteiger partial charge is 0.431 e. The number of primary amides is 1. The highest BCUT2D eigenvalue weighted by Crippen LogP contribution is 2.31. The Kier molecular flexibility index (Phi) is 1.99. The van der Waals surface area contributed by atoms with Gasteiger partial charge in [-0.15, -0.1) is 0 Å². The highest BCUT2D eigenvalue weighted by atomic mass is 19.4. The third-order valence-electron chi connectivity index (χ3n) is 1.54. The van der Waals surface area contributed by atoms with E-state index in [2.05, 4.69) is 0 Å². The fourth-order valence-corrected chi connectivity index (χ4v) is 1.06. The zero-order valence-electron chi connectivity index (χ0n) is 6.06. The minimum absolute atomic E-state index is 0.0180. The Hall–Kier alpha value is -1.20. The quantitative estimate of drug-likeness (QED) is 0.598.